The molecule has 0 radical (unpaired) electrons. The maximum atomic E-state index is 5.66. The van der Waals surface area contributed by atoms with E-state index in [4.69, 9.17) is 10.5 Å². The second kappa shape index (κ2) is 3.59. The molecule has 2 N–H and O–H groups in total. The maximum Gasteiger partial charge on any atom is 0.163 e. The summed E-state index contributed by atoms with van der Waals surface area (Å²) in [5, 5.41) is 4.93. The van der Waals surface area contributed by atoms with Crippen LogP contribution >= 0.6 is 0 Å². The van der Waals surface area contributed by atoms with Crippen LogP contribution in [-0.4, -0.2) is 33.5 Å². The van der Waals surface area contributed by atoms with E-state index in [1.807, 2.05) is 0 Å². The number of rotatable bonds is 3. The lowest BCUT2D eigenvalue weighted by atomic mass is 10.4. The summed E-state index contributed by atoms with van der Waals surface area (Å²) in [5.41, 5.74) is 6.41. The van der Waals surface area contributed by atoms with E-state index in [0.29, 0.717) is 19.0 Å². The van der Waals surface area contributed by atoms with Gasteiger partial charge in [0, 0.05) is 7.11 Å². The summed E-state index contributed by atoms with van der Waals surface area (Å²) in [4.78, 5) is 7.99. The van der Waals surface area contributed by atoms with Gasteiger partial charge in [-0.05, 0) is 0 Å². The molecule has 2 heterocycles. The van der Waals surface area contributed by atoms with Gasteiger partial charge in [0.25, 0.3) is 0 Å². The van der Waals surface area contributed by atoms with Crippen molar-refractivity contribution in [2.45, 2.75) is 6.54 Å². The fraction of sp³-hybridized carbons (Fsp3) is 0.375. The highest BCUT2D eigenvalue weighted by molar-refractivity contribution is 5.84. The predicted octanol–water partition coefficient (Wildman–Crippen LogP) is 0.0549. The van der Waals surface area contributed by atoms with E-state index in [1.165, 1.54) is 6.33 Å². The summed E-state index contributed by atoms with van der Waals surface area (Å²) in [7, 11) is 1.65. The van der Waals surface area contributed by atoms with E-state index in [0.717, 1.165) is 11.0 Å². The van der Waals surface area contributed by atoms with Gasteiger partial charge in [0.2, 0.25) is 0 Å². The van der Waals surface area contributed by atoms with E-state index in [1.54, 1.807) is 18.0 Å². The summed E-state index contributed by atoms with van der Waals surface area (Å²) in [6, 6.07) is 0. The molecule has 2 rings (SSSR count). The first-order valence-electron chi connectivity index (χ1n) is 4.24. The number of nitrogen functional groups attached to an aromatic ring is 1. The van der Waals surface area contributed by atoms with Crippen LogP contribution < -0.4 is 5.73 Å². The van der Waals surface area contributed by atoms with Crippen LogP contribution in [0.25, 0.3) is 11.0 Å². The highest BCUT2D eigenvalue weighted by Crippen LogP contribution is 2.14. The van der Waals surface area contributed by atoms with Crippen LogP contribution in [0.15, 0.2) is 12.5 Å². The summed E-state index contributed by atoms with van der Waals surface area (Å²) in [6.45, 7) is 1.26. The number of aromatic nitrogens is 4. The van der Waals surface area contributed by atoms with Crippen LogP contribution in [0.2, 0.25) is 0 Å². The van der Waals surface area contributed by atoms with Crippen molar-refractivity contribution < 1.29 is 4.74 Å². The van der Waals surface area contributed by atoms with Crippen molar-refractivity contribution in [1.82, 2.24) is 19.7 Å². The number of hydrogen-bond acceptors (Lipinski definition) is 5. The topological polar surface area (TPSA) is 78.9 Å². The van der Waals surface area contributed by atoms with Gasteiger partial charge in [-0.2, -0.15) is 5.10 Å². The highest BCUT2D eigenvalue weighted by Gasteiger charge is 2.06. The molecule has 2 aromatic rings. The normalized spacial score (nSPS) is 10.9. The molecule has 0 aliphatic rings. The first-order chi connectivity index (χ1) is 6.83. The predicted molar refractivity (Wildman–Crippen MR) is 51.6 cm³/mol. The number of hydrogen-bond donors (Lipinski definition) is 1. The molecule has 14 heavy (non-hydrogen) atoms. The van der Waals surface area contributed by atoms with Crippen LogP contribution in [0, 0.1) is 0 Å². The maximum absolute atomic E-state index is 5.66. The Labute approximate surface area is 80.7 Å². The monoisotopic (exact) mass is 193 g/mol. The Hall–Kier alpha value is -1.69. The molecule has 0 bridgehead atoms. The molecule has 0 saturated heterocycles. The van der Waals surface area contributed by atoms with Crippen molar-refractivity contribution >= 4 is 16.9 Å². The van der Waals surface area contributed by atoms with Gasteiger partial charge >= 0.3 is 0 Å². The third kappa shape index (κ3) is 1.39. The fourth-order valence-electron chi connectivity index (χ4n) is 1.25. The molecular weight excluding hydrogens is 182 g/mol. The molecular formula is C8H11N5O. The van der Waals surface area contributed by atoms with E-state index in [2.05, 4.69) is 15.1 Å². The van der Waals surface area contributed by atoms with E-state index >= 15 is 0 Å². The molecule has 74 valence electrons. The summed E-state index contributed by atoms with van der Waals surface area (Å²) < 4.78 is 6.71. The van der Waals surface area contributed by atoms with Crippen molar-refractivity contribution in [1.29, 1.82) is 0 Å². The van der Waals surface area contributed by atoms with E-state index in [9.17, 15) is 0 Å². The highest BCUT2D eigenvalue weighted by atomic mass is 16.5. The largest absolute Gasteiger partial charge is 0.383 e. The quantitative estimate of drug-likeness (QED) is 0.745. The Kier molecular flexibility index (Phi) is 2.28. The third-order valence-electron chi connectivity index (χ3n) is 1.97. The van der Waals surface area contributed by atoms with Crippen molar-refractivity contribution in [3.05, 3.63) is 12.5 Å². The first kappa shape index (κ1) is 8.89. The fourth-order valence-corrected chi connectivity index (χ4v) is 1.25. The molecule has 0 saturated carbocycles. The minimum absolute atomic E-state index is 0.457. The first-order valence-corrected chi connectivity index (χ1v) is 4.24. The van der Waals surface area contributed by atoms with Gasteiger partial charge in [0.05, 0.1) is 24.7 Å². The Morgan fingerprint density at radius 2 is 2.36 bits per heavy atom. The molecule has 0 amide bonds. The Balaban J connectivity index is 2.42. The zero-order chi connectivity index (χ0) is 9.97. The van der Waals surface area contributed by atoms with Crippen LogP contribution in [-0.2, 0) is 11.3 Å². The SMILES string of the molecule is COCCn1ncc2c(N)ncnc21. The second-order valence-corrected chi connectivity index (χ2v) is 2.86. The molecule has 0 aliphatic heterocycles. The number of methoxy groups -OCH3 is 1. The Morgan fingerprint density at radius 3 is 3.14 bits per heavy atom. The van der Waals surface area contributed by atoms with Gasteiger partial charge in [-0.25, -0.2) is 14.6 Å². The molecule has 6 nitrogen and oxygen atoms in total. The van der Waals surface area contributed by atoms with E-state index in [-0.39, 0.29) is 0 Å². The van der Waals surface area contributed by atoms with Gasteiger partial charge in [-0.3, -0.25) is 0 Å². The van der Waals surface area contributed by atoms with Gasteiger partial charge in [-0.1, -0.05) is 0 Å². The Bertz CT molecular complexity index is 438. The molecule has 0 fully saturated rings. The van der Waals surface area contributed by atoms with Crippen LogP contribution in [0.1, 0.15) is 0 Å². The van der Waals surface area contributed by atoms with Crippen LogP contribution in [0.3, 0.4) is 0 Å². The number of anilines is 1. The average molecular weight is 193 g/mol. The number of fused-ring (bicyclic) bond motifs is 1. The van der Waals surface area contributed by atoms with E-state index < -0.39 is 0 Å². The smallest absolute Gasteiger partial charge is 0.163 e. The summed E-state index contributed by atoms with van der Waals surface area (Å²) in [6.07, 6.45) is 3.10. The minimum Gasteiger partial charge on any atom is -0.383 e. The number of nitrogens with zero attached hydrogens (tertiary/aromatic N) is 4. The van der Waals surface area contributed by atoms with Crippen LogP contribution in [0.5, 0.6) is 0 Å². The molecule has 6 heteroatoms. The average Bonchev–Trinajstić information content (AvgIpc) is 2.60. The lowest BCUT2D eigenvalue weighted by Gasteiger charge is -2.01. The van der Waals surface area contributed by atoms with Crippen LogP contribution in [0.4, 0.5) is 5.82 Å². The third-order valence-corrected chi connectivity index (χ3v) is 1.97. The molecule has 0 spiro atoms. The Morgan fingerprint density at radius 1 is 1.50 bits per heavy atom. The number of nitrogens with two attached hydrogens (primary N) is 1. The molecule has 0 aromatic carbocycles. The van der Waals surface area contributed by atoms with Gasteiger partial charge < -0.3 is 10.5 Å². The standard InChI is InChI=1S/C8H11N5O/c1-14-3-2-13-8-6(4-12-13)7(9)10-5-11-8/h4-5H,2-3H2,1H3,(H2,9,10,11). The molecule has 0 unspecified atom stereocenters. The zero-order valence-corrected chi connectivity index (χ0v) is 7.84. The summed E-state index contributed by atoms with van der Waals surface area (Å²) >= 11 is 0. The molecule has 2 aromatic heterocycles. The number of ether oxygens (including phenoxy) is 1. The van der Waals surface area contributed by atoms with Crippen molar-refractivity contribution in [2.24, 2.45) is 0 Å². The summed E-state index contributed by atoms with van der Waals surface area (Å²) in [5.74, 6) is 0.457. The molecule has 0 aliphatic carbocycles. The van der Waals surface area contributed by atoms with Gasteiger partial charge in [0.15, 0.2) is 5.65 Å². The lowest BCUT2D eigenvalue weighted by Crippen LogP contribution is -2.06. The minimum atomic E-state index is 0.457. The van der Waals surface area contributed by atoms with Gasteiger partial charge in [-0.15, -0.1) is 0 Å². The van der Waals surface area contributed by atoms with Crippen molar-refractivity contribution in [3.8, 4) is 0 Å². The lowest BCUT2D eigenvalue weighted by molar-refractivity contribution is 0.184. The molecule has 0 atom stereocenters. The zero-order valence-electron chi connectivity index (χ0n) is 7.84. The van der Waals surface area contributed by atoms with Crippen molar-refractivity contribution in [2.75, 3.05) is 19.5 Å². The second-order valence-electron chi connectivity index (χ2n) is 2.86. The van der Waals surface area contributed by atoms with Gasteiger partial charge in [0.1, 0.15) is 12.1 Å². The van der Waals surface area contributed by atoms with Crippen molar-refractivity contribution in [3.63, 3.8) is 0 Å².